The molecule has 0 spiro atoms. The van der Waals surface area contributed by atoms with Gasteiger partial charge in [-0.15, -0.1) is 0 Å². The van der Waals surface area contributed by atoms with E-state index in [0.29, 0.717) is 26.4 Å². The van der Waals surface area contributed by atoms with E-state index in [1.807, 2.05) is 37.3 Å². The predicted molar refractivity (Wildman–Crippen MR) is 98.3 cm³/mol. The highest BCUT2D eigenvalue weighted by molar-refractivity contribution is 5.48. The zero-order valence-corrected chi connectivity index (χ0v) is 14.8. The molecule has 0 radical (unpaired) electrons. The first kappa shape index (κ1) is 18.1. The zero-order chi connectivity index (χ0) is 17.2. The molecule has 0 heterocycles. The maximum absolute atomic E-state index is 5.78. The molecule has 0 aromatic heterocycles. The Hall–Kier alpha value is -2.20. The SMILES string of the molecule is CCOCCOc1cccc(NCCOc2ccc(C)c(C)c2)c1. The van der Waals surface area contributed by atoms with Gasteiger partial charge in [-0.1, -0.05) is 12.1 Å². The maximum atomic E-state index is 5.78. The summed E-state index contributed by atoms with van der Waals surface area (Å²) in [5.74, 6) is 1.75. The van der Waals surface area contributed by atoms with Gasteiger partial charge in [-0.25, -0.2) is 0 Å². The number of anilines is 1. The van der Waals surface area contributed by atoms with Gasteiger partial charge < -0.3 is 19.5 Å². The molecule has 24 heavy (non-hydrogen) atoms. The molecule has 0 aliphatic carbocycles. The van der Waals surface area contributed by atoms with E-state index in [-0.39, 0.29) is 0 Å². The van der Waals surface area contributed by atoms with Gasteiger partial charge in [0.05, 0.1) is 6.61 Å². The zero-order valence-electron chi connectivity index (χ0n) is 14.8. The van der Waals surface area contributed by atoms with Crippen LogP contribution in [0.25, 0.3) is 0 Å². The normalized spacial score (nSPS) is 10.5. The second kappa shape index (κ2) is 9.83. The van der Waals surface area contributed by atoms with E-state index in [2.05, 4.69) is 31.3 Å². The van der Waals surface area contributed by atoms with E-state index in [4.69, 9.17) is 14.2 Å². The van der Waals surface area contributed by atoms with Crippen molar-refractivity contribution in [3.05, 3.63) is 53.6 Å². The summed E-state index contributed by atoms with van der Waals surface area (Å²) in [6.45, 7) is 9.40. The summed E-state index contributed by atoms with van der Waals surface area (Å²) in [5, 5.41) is 3.35. The lowest BCUT2D eigenvalue weighted by molar-refractivity contribution is 0.110. The molecule has 2 rings (SSSR count). The van der Waals surface area contributed by atoms with E-state index in [1.54, 1.807) is 0 Å². The molecule has 0 aliphatic rings. The third-order valence-corrected chi connectivity index (χ3v) is 3.71. The highest BCUT2D eigenvalue weighted by Gasteiger charge is 1.99. The molecule has 0 unspecified atom stereocenters. The van der Waals surface area contributed by atoms with Crippen LogP contribution in [-0.2, 0) is 4.74 Å². The van der Waals surface area contributed by atoms with Crippen LogP contribution in [0, 0.1) is 13.8 Å². The maximum Gasteiger partial charge on any atom is 0.121 e. The van der Waals surface area contributed by atoms with Crippen LogP contribution in [0.5, 0.6) is 11.5 Å². The fourth-order valence-electron chi connectivity index (χ4n) is 2.23. The number of rotatable bonds is 10. The van der Waals surface area contributed by atoms with Crippen LogP contribution >= 0.6 is 0 Å². The number of ether oxygens (including phenoxy) is 3. The number of hydrogen-bond donors (Lipinski definition) is 1. The summed E-state index contributed by atoms with van der Waals surface area (Å²) in [4.78, 5) is 0. The Balaban J connectivity index is 1.72. The van der Waals surface area contributed by atoms with Crippen molar-refractivity contribution in [1.29, 1.82) is 0 Å². The smallest absolute Gasteiger partial charge is 0.121 e. The van der Waals surface area contributed by atoms with Gasteiger partial charge in [0, 0.05) is 24.9 Å². The molecule has 0 amide bonds. The second-order valence-corrected chi connectivity index (χ2v) is 5.59. The van der Waals surface area contributed by atoms with Gasteiger partial charge in [0.15, 0.2) is 0 Å². The van der Waals surface area contributed by atoms with Crippen LogP contribution in [0.3, 0.4) is 0 Å². The van der Waals surface area contributed by atoms with Crippen LogP contribution in [0.2, 0.25) is 0 Å². The molecule has 4 heteroatoms. The summed E-state index contributed by atoms with van der Waals surface area (Å²) >= 11 is 0. The Morgan fingerprint density at radius 1 is 0.833 bits per heavy atom. The first-order valence-corrected chi connectivity index (χ1v) is 8.43. The molecule has 0 bridgehead atoms. The lowest BCUT2D eigenvalue weighted by Gasteiger charge is -2.11. The fraction of sp³-hybridized carbons (Fsp3) is 0.400. The average molecular weight is 329 g/mol. The fourth-order valence-corrected chi connectivity index (χ4v) is 2.23. The molecule has 2 aromatic rings. The molecule has 0 saturated heterocycles. The van der Waals surface area contributed by atoms with E-state index in [1.165, 1.54) is 11.1 Å². The molecule has 1 N–H and O–H groups in total. The van der Waals surface area contributed by atoms with Crippen LogP contribution in [0.15, 0.2) is 42.5 Å². The molecule has 0 aliphatic heterocycles. The highest BCUT2D eigenvalue weighted by atomic mass is 16.5. The Kier molecular flexibility index (Phi) is 7.43. The topological polar surface area (TPSA) is 39.7 Å². The Morgan fingerprint density at radius 3 is 2.42 bits per heavy atom. The van der Waals surface area contributed by atoms with Gasteiger partial charge in [-0.05, 0) is 56.2 Å². The first-order chi connectivity index (χ1) is 11.7. The lowest BCUT2D eigenvalue weighted by atomic mass is 10.1. The summed E-state index contributed by atoms with van der Waals surface area (Å²) in [7, 11) is 0. The molecule has 0 saturated carbocycles. The van der Waals surface area contributed by atoms with Gasteiger partial charge in [0.2, 0.25) is 0 Å². The van der Waals surface area contributed by atoms with E-state index in [0.717, 1.165) is 23.7 Å². The van der Waals surface area contributed by atoms with Gasteiger partial charge in [-0.2, -0.15) is 0 Å². The van der Waals surface area contributed by atoms with E-state index in [9.17, 15) is 0 Å². The Labute approximate surface area is 144 Å². The summed E-state index contributed by atoms with van der Waals surface area (Å²) < 4.78 is 16.7. The summed E-state index contributed by atoms with van der Waals surface area (Å²) in [5.41, 5.74) is 3.55. The highest BCUT2D eigenvalue weighted by Crippen LogP contribution is 2.18. The van der Waals surface area contributed by atoms with Crippen LogP contribution in [0.1, 0.15) is 18.1 Å². The molecule has 0 fully saturated rings. The number of aryl methyl sites for hydroxylation is 2. The lowest BCUT2D eigenvalue weighted by Crippen LogP contribution is -2.12. The summed E-state index contributed by atoms with van der Waals surface area (Å²) in [6, 6.07) is 14.1. The third-order valence-electron chi connectivity index (χ3n) is 3.71. The number of hydrogen-bond acceptors (Lipinski definition) is 4. The van der Waals surface area contributed by atoms with Crippen molar-refractivity contribution < 1.29 is 14.2 Å². The quantitative estimate of drug-likeness (QED) is 0.663. The van der Waals surface area contributed by atoms with Crippen molar-refractivity contribution in [1.82, 2.24) is 0 Å². The Morgan fingerprint density at radius 2 is 1.62 bits per heavy atom. The minimum Gasteiger partial charge on any atom is -0.492 e. The van der Waals surface area contributed by atoms with Gasteiger partial charge in [0.25, 0.3) is 0 Å². The predicted octanol–water partition coefficient (Wildman–Crippen LogP) is 4.21. The van der Waals surface area contributed by atoms with Gasteiger partial charge in [-0.3, -0.25) is 0 Å². The second-order valence-electron chi connectivity index (χ2n) is 5.59. The van der Waals surface area contributed by atoms with Gasteiger partial charge in [0.1, 0.15) is 24.7 Å². The standard InChI is InChI=1S/C20H27NO3/c1-4-22-12-13-24-19-7-5-6-18(15-19)21-10-11-23-20-9-8-16(2)17(3)14-20/h5-9,14-15,21H,4,10-13H2,1-3H3. The van der Waals surface area contributed by atoms with Crippen molar-refractivity contribution >= 4 is 5.69 Å². The molecular formula is C20H27NO3. The minimum absolute atomic E-state index is 0.563. The largest absolute Gasteiger partial charge is 0.492 e. The third kappa shape index (κ3) is 6.13. The monoisotopic (exact) mass is 329 g/mol. The number of nitrogens with one attached hydrogen (secondary N) is 1. The van der Waals surface area contributed by atoms with Crippen molar-refractivity contribution in [3.63, 3.8) is 0 Å². The van der Waals surface area contributed by atoms with Crippen LogP contribution < -0.4 is 14.8 Å². The number of benzene rings is 2. The molecule has 130 valence electrons. The van der Waals surface area contributed by atoms with Crippen LogP contribution in [-0.4, -0.2) is 33.0 Å². The molecule has 0 atom stereocenters. The van der Waals surface area contributed by atoms with Crippen molar-refractivity contribution in [2.24, 2.45) is 0 Å². The molecule has 4 nitrogen and oxygen atoms in total. The first-order valence-electron chi connectivity index (χ1n) is 8.43. The van der Waals surface area contributed by atoms with Gasteiger partial charge >= 0.3 is 0 Å². The summed E-state index contributed by atoms with van der Waals surface area (Å²) in [6.07, 6.45) is 0. The van der Waals surface area contributed by atoms with Crippen molar-refractivity contribution in [3.8, 4) is 11.5 Å². The minimum atomic E-state index is 0.563. The Bertz CT molecular complexity index is 628. The van der Waals surface area contributed by atoms with E-state index < -0.39 is 0 Å². The average Bonchev–Trinajstić information content (AvgIpc) is 2.59. The van der Waals surface area contributed by atoms with Crippen LogP contribution in [0.4, 0.5) is 5.69 Å². The molecule has 2 aromatic carbocycles. The molecular weight excluding hydrogens is 302 g/mol. The van der Waals surface area contributed by atoms with Crippen molar-refractivity contribution in [2.45, 2.75) is 20.8 Å². The van der Waals surface area contributed by atoms with E-state index >= 15 is 0 Å². The van der Waals surface area contributed by atoms with Crippen molar-refractivity contribution in [2.75, 3.05) is 38.3 Å².